The van der Waals surface area contributed by atoms with Gasteiger partial charge >= 0.3 is 0 Å². The van der Waals surface area contributed by atoms with Crippen LogP contribution in [0.3, 0.4) is 0 Å². The van der Waals surface area contributed by atoms with Crippen LogP contribution in [0.4, 0.5) is 0 Å². The molecule has 142 valence electrons. The van der Waals surface area contributed by atoms with Gasteiger partial charge in [0.15, 0.2) is 5.69 Å². The average molecular weight is 367 g/mol. The van der Waals surface area contributed by atoms with Crippen molar-refractivity contribution in [1.29, 1.82) is 0 Å². The van der Waals surface area contributed by atoms with Crippen LogP contribution in [0.1, 0.15) is 40.9 Å². The van der Waals surface area contributed by atoms with Gasteiger partial charge in [0.2, 0.25) is 0 Å². The summed E-state index contributed by atoms with van der Waals surface area (Å²) in [6.45, 7) is 3.95. The molecule has 1 fully saturated rings. The van der Waals surface area contributed by atoms with Crippen LogP contribution in [0, 0.1) is 6.92 Å². The molecule has 1 atom stereocenters. The summed E-state index contributed by atoms with van der Waals surface area (Å²) < 4.78 is 9.29. The fraction of sp³-hybridized carbons (Fsp3) is 0.450. The first-order valence-electron chi connectivity index (χ1n) is 9.32. The van der Waals surface area contributed by atoms with Gasteiger partial charge in [-0.25, -0.2) is 4.98 Å². The number of carbonyl (C=O) groups excluding carboxylic acids is 1. The summed E-state index contributed by atoms with van der Waals surface area (Å²) >= 11 is 0. The van der Waals surface area contributed by atoms with E-state index in [1.807, 2.05) is 42.4 Å². The summed E-state index contributed by atoms with van der Waals surface area (Å²) in [6, 6.07) is 8.09. The zero-order valence-electron chi connectivity index (χ0n) is 16.1. The Labute approximate surface area is 158 Å². The molecule has 1 aliphatic rings. The number of rotatable bonds is 4. The lowest BCUT2D eigenvalue weighted by Gasteiger charge is -2.34. The first-order chi connectivity index (χ1) is 13.1. The summed E-state index contributed by atoms with van der Waals surface area (Å²) in [7, 11) is 3.56. The van der Waals surface area contributed by atoms with Gasteiger partial charge in [0.1, 0.15) is 12.4 Å². The monoisotopic (exact) mass is 367 g/mol. The summed E-state index contributed by atoms with van der Waals surface area (Å²) in [4.78, 5) is 19.6. The molecule has 0 spiro atoms. The molecule has 7 nitrogen and oxygen atoms in total. The lowest BCUT2D eigenvalue weighted by molar-refractivity contribution is 0.0667. The quantitative estimate of drug-likeness (QED) is 0.711. The summed E-state index contributed by atoms with van der Waals surface area (Å²) in [5.41, 5.74) is 2.61. The summed E-state index contributed by atoms with van der Waals surface area (Å²) in [5.74, 6) is 0.917. The Morgan fingerprint density at radius 3 is 2.96 bits per heavy atom. The van der Waals surface area contributed by atoms with Gasteiger partial charge in [-0.1, -0.05) is 18.2 Å². The SMILES string of the molecule is COCc1ncc(C)n1C1CCCN(C(=O)c2nn(C)c3ccccc23)C1. The Morgan fingerprint density at radius 2 is 2.15 bits per heavy atom. The number of benzene rings is 1. The van der Waals surface area contributed by atoms with Crippen LogP contribution >= 0.6 is 0 Å². The van der Waals surface area contributed by atoms with E-state index in [9.17, 15) is 4.79 Å². The third kappa shape index (κ3) is 3.12. The number of hydrogen-bond acceptors (Lipinski definition) is 4. The molecule has 3 aromatic rings. The number of nitrogens with zero attached hydrogens (tertiary/aromatic N) is 5. The number of carbonyl (C=O) groups is 1. The van der Waals surface area contributed by atoms with Crippen LogP contribution in [0.25, 0.3) is 10.9 Å². The summed E-state index contributed by atoms with van der Waals surface area (Å²) in [6.07, 6.45) is 3.87. The van der Waals surface area contributed by atoms with Gasteiger partial charge in [0, 0.05) is 44.5 Å². The van der Waals surface area contributed by atoms with Crippen molar-refractivity contribution < 1.29 is 9.53 Å². The van der Waals surface area contributed by atoms with Crippen LogP contribution in [-0.4, -0.2) is 50.3 Å². The fourth-order valence-electron chi connectivity index (χ4n) is 4.10. The summed E-state index contributed by atoms with van der Waals surface area (Å²) in [5, 5.41) is 5.41. The maximum Gasteiger partial charge on any atom is 0.275 e. The topological polar surface area (TPSA) is 65.2 Å². The highest BCUT2D eigenvalue weighted by molar-refractivity contribution is 6.04. The molecule has 1 unspecified atom stereocenters. The second kappa shape index (κ2) is 7.15. The third-order valence-corrected chi connectivity index (χ3v) is 5.34. The number of piperidine rings is 1. The van der Waals surface area contributed by atoms with Crippen LogP contribution in [0.15, 0.2) is 30.5 Å². The van der Waals surface area contributed by atoms with E-state index in [0.29, 0.717) is 18.8 Å². The van der Waals surface area contributed by atoms with E-state index >= 15 is 0 Å². The maximum absolute atomic E-state index is 13.2. The van der Waals surface area contributed by atoms with E-state index < -0.39 is 0 Å². The van der Waals surface area contributed by atoms with Crippen molar-refractivity contribution in [2.75, 3.05) is 20.2 Å². The molecule has 0 bridgehead atoms. The maximum atomic E-state index is 13.2. The molecule has 7 heteroatoms. The lowest BCUT2D eigenvalue weighted by Crippen LogP contribution is -2.41. The Hall–Kier alpha value is -2.67. The van der Waals surface area contributed by atoms with E-state index in [-0.39, 0.29) is 11.9 Å². The molecule has 1 aliphatic heterocycles. The highest BCUT2D eigenvalue weighted by Crippen LogP contribution is 2.27. The standard InChI is InChI=1S/C20H25N5O2/c1-14-11-21-18(13-27-3)25(14)15-7-6-10-24(12-15)20(26)19-16-8-4-5-9-17(16)23(2)22-19/h4-5,8-9,11,15H,6-7,10,12-13H2,1-3H3. The number of likely N-dealkylation sites (tertiary alicyclic amines) is 1. The number of fused-ring (bicyclic) bond motifs is 1. The molecule has 0 N–H and O–H groups in total. The van der Waals surface area contributed by atoms with Crippen molar-refractivity contribution >= 4 is 16.8 Å². The van der Waals surface area contributed by atoms with E-state index in [1.165, 1.54) is 0 Å². The number of ether oxygens (including phenoxy) is 1. The highest BCUT2D eigenvalue weighted by Gasteiger charge is 2.29. The minimum atomic E-state index is 0.00237. The van der Waals surface area contributed by atoms with Crippen molar-refractivity contribution in [3.8, 4) is 0 Å². The number of aromatic nitrogens is 4. The van der Waals surface area contributed by atoms with Crippen molar-refractivity contribution in [2.24, 2.45) is 7.05 Å². The van der Waals surface area contributed by atoms with Crippen LogP contribution in [0.2, 0.25) is 0 Å². The molecule has 1 amide bonds. The molecule has 3 heterocycles. The van der Waals surface area contributed by atoms with Crippen molar-refractivity contribution in [3.05, 3.63) is 47.7 Å². The van der Waals surface area contributed by atoms with Crippen LogP contribution in [0.5, 0.6) is 0 Å². The number of amides is 1. The molecule has 27 heavy (non-hydrogen) atoms. The second-order valence-corrected chi connectivity index (χ2v) is 7.16. The van der Waals surface area contributed by atoms with E-state index in [1.54, 1.807) is 11.8 Å². The smallest absolute Gasteiger partial charge is 0.275 e. The van der Waals surface area contributed by atoms with Crippen molar-refractivity contribution in [3.63, 3.8) is 0 Å². The number of aryl methyl sites for hydroxylation is 2. The largest absolute Gasteiger partial charge is 0.377 e. The minimum Gasteiger partial charge on any atom is -0.377 e. The van der Waals surface area contributed by atoms with Gasteiger partial charge in [-0.2, -0.15) is 5.10 Å². The second-order valence-electron chi connectivity index (χ2n) is 7.16. The van der Waals surface area contributed by atoms with Gasteiger partial charge in [0.05, 0.1) is 11.6 Å². The number of imidazole rings is 1. The molecular weight excluding hydrogens is 342 g/mol. The van der Waals surface area contributed by atoms with Crippen molar-refractivity contribution in [1.82, 2.24) is 24.2 Å². The molecular formula is C20H25N5O2. The van der Waals surface area contributed by atoms with E-state index in [0.717, 1.165) is 41.8 Å². The predicted octanol–water partition coefficient (Wildman–Crippen LogP) is 2.70. The highest BCUT2D eigenvalue weighted by atomic mass is 16.5. The number of methoxy groups -OCH3 is 1. The van der Waals surface area contributed by atoms with Crippen LogP contribution in [-0.2, 0) is 18.4 Å². The molecule has 0 saturated carbocycles. The third-order valence-electron chi connectivity index (χ3n) is 5.34. The normalized spacial score (nSPS) is 17.6. The minimum absolute atomic E-state index is 0.00237. The molecule has 0 radical (unpaired) electrons. The molecule has 1 aromatic carbocycles. The van der Waals surface area contributed by atoms with Gasteiger partial charge in [-0.15, -0.1) is 0 Å². The molecule has 2 aromatic heterocycles. The van der Waals surface area contributed by atoms with Crippen molar-refractivity contribution in [2.45, 2.75) is 32.4 Å². The zero-order valence-corrected chi connectivity index (χ0v) is 16.1. The first-order valence-corrected chi connectivity index (χ1v) is 9.32. The Bertz CT molecular complexity index is 974. The van der Waals surface area contributed by atoms with Crippen LogP contribution < -0.4 is 0 Å². The van der Waals surface area contributed by atoms with Gasteiger partial charge in [0.25, 0.3) is 5.91 Å². The fourth-order valence-corrected chi connectivity index (χ4v) is 4.10. The molecule has 0 aliphatic carbocycles. The van der Waals surface area contributed by atoms with E-state index in [4.69, 9.17) is 4.74 Å². The lowest BCUT2D eigenvalue weighted by atomic mass is 10.0. The Morgan fingerprint density at radius 1 is 1.33 bits per heavy atom. The van der Waals surface area contributed by atoms with Gasteiger partial charge in [-0.05, 0) is 25.8 Å². The predicted molar refractivity (Wildman–Crippen MR) is 103 cm³/mol. The first kappa shape index (κ1) is 17.7. The molecule has 4 rings (SSSR count). The Kier molecular flexibility index (Phi) is 4.70. The number of hydrogen-bond donors (Lipinski definition) is 0. The number of para-hydroxylation sites is 1. The average Bonchev–Trinajstić information content (AvgIpc) is 3.22. The van der Waals surface area contributed by atoms with Gasteiger partial charge in [-0.3, -0.25) is 9.48 Å². The van der Waals surface area contributed by atoms with E-state index in [2.05, 4.69) is 21.6 Å². The Balaban J connectivity index is 1.61. The van der Waals surface area contributed by atoms with Gasteiger partial charge < -0.3 is 14.2 Å². The molecule has 1 saturated heterocycles. The zero-order chi connectivity index (χ0) is 19.0.